The Balaban J connectivity index is 1.94. The number of carbonyl (C=O) groups is 1. The number of aromatic nitrogens is 2. The molecule has 6 nitrogen and oxygen atoms in total. The van der Waals surface area contributed by atoms with Crippen LogP contribution < -0.4 is 0 Å². The van der Waals surface area contributed by atoms with Gasteiger partial charge in [-0.2, -0.15) is 13.2 Å². The minimum absolute atomic E-state index is 0.00979. The number of carbonyl (C=O) groups excluding carboxylic acids is 1. The fourth-order valence-corrected chi connectivity index (χ4v) is 6.60. The lowest BCUT2D eigenvalue weighted by Crippen LogP contribution is -2.18. The van der Waals surface area contributed by atoms with Crippen LogP contribution >= 0.6 is 11.3 Å². The first-order valence-corrected chi connectivity index (χ1v) is 14.2. The van der Waals surface area contributed by atoms with Gasteiger partial charge in [0.25, 0.3) is 10.0 Å². The minimum Gasteiger partial charge on any atom is -0.461 e. The van der Waals surface area contributed by atoms with Crippen molar-refractivity contribution in [2.24, 2.45) is 0 Å². The van der Waals surface area contributed by atoms with Crippen LogP contribution in [-0.2, 0) is 32.8 Å². The van der Waals surface area contributed by atoms with Crippen molar-refractivity contribution in [1.82, 2.24) is 8.96 Å². The number of hydrogen-bond donors (Lipinski definition) is 0. The third kappa shape index (κ3) is 5.22. The number of aryl methyl sites for hydroxylation is 1. The second-order valence-electron chi connectivity index (χ2n) is 9.87. The molecule has 0 aliphatic heterocycles. The molecule has 0 saturated heterocycles. The van der Waals surface area contributed by atoms with Crippen LogP contribution in [0, 0.1) is 6.92 Å². The highest BCUT2D eigenvalue weighted by Gasteiger charge is 2.33. The lowest BCUT2D eigenvalue weighted by Gasteiger charge is -2.20. The number of alkyl halides is 3. The molecule has 0 saturated carbocycles. The van der Waals surface area contributed by atoms with Crippen LogP contribution in [0.5, 0.6) is 0 Å². The summed E-state index contributed by atoms with van der Waals surface area (Å²) in [5.41, 5.74) is 0.477. The molecule has 202 valence electrons. The van der Waals surface area contributed by atoms with Crippen LogP contribution in [0.2, 0.25) is 0 Å². The van der Waals surface area contributed by atoms with Crippen molar-refractivity contribution in [3.8, 4) is 0 Å². The van der Waals surface area contributed by atoms with Gasteiger partial charge in [0.15, 0.2) is 5.69 Å². The van der Waals surface area contributed by atoms with Gasteiger partial charge in [-0.15, -0.1) is 11.3 Å². The van der Waals surface area contributed by atoms with Crippen molar-refractivity contribution in [2.75, 3.05) is 6.61 Å². The van der Waals surface area contributed by atoms with Crippen molar-refractivity contribution in [2.45, 2.75) is 57.5 Å². The van der Waals surface area contributed by atoms with Crippen molar-refractivity contribution in [1.29, 1.82) is 0 Å². The molecule has 0 N–H and O–H groups in total. The van der Waals surface area contributed by atoms with Gasteiger partial charge in [-0.05, 0) is 60.7 Å². The van der Waals surface area contributed by atoms with Crippen LogP contribution in [0.1, 0.15) is 65.6 Å². The van der Waals surface area contributed by atoms with E-state index >= 15 is 0 Å². The lowest BCUT2D eigenvalue weighted by atomic mass is 9.87. The summed E-state index contributed by atoms with van der Waals surface area (Å²) in [5.74, 6) is -0.603. The van der Waals surface area contributed by atoms with E-state index in [0.29, 0.717) is 10.6 Å². The molecule has 0 amide bonds. The molecule has 0 unspecified atom stereocenters. The molecule has 0 atom stereocenters. The molecule has 2 aromatic heterocycles. The SMILES string of the molecule is CCOC(=O)c1csc(Cc2c(C)c3cc(C(F)(F)F)ccc3n2S(=O)(=O)c2cccc(C(C)(C)C)c2)n1. The van der Waals surface area contributed by atoms with Gasteiger partial charge >= 0.3 is 12.1 Å². The normalized spacial score (nSPS) is 12.7. The first kappa shape index (κ1) is 27.8. The van der Waals surface area contributed by atoms with Crippen molar-refractivity contribution >= 4 is 38.2 Å². The number of esters is 1. The Bertz CT molecular complexity index is 1630. The Morgan fingerprint density at radius 2 is 1.79 bits per heavy atom. The summed E-state index contributed by atoms with van der Waals surface area (Å²) in [5, 5.41) is 2.11. The smallest absolute Gasteiger partial charge is 0.416 e. The Morgan fingerprint density at radius 1 is 1.08 bits per heavy atom. The predicted octanol–water partition coefficient (Wildman–Crippen LogP) is 6.73. The van der Waals surface area contributed by atoms with E-state index in [0.717, 1.165) is 33.0 Å². The Labute approximate surface area is 223 Å². The number of nitrogens with zero attached hydrogens (tertiary/aromatic N) is 2. The van der Waals surface area contributed by atoms with Crippen molar-refractivity contribution in [3.05, 3.63) is 80.9 Å². The highest BCUT2D eigenvalue weighted by atomic mass is 32.2. The van der Waals surface area contributed by atoms with E-state index in [1.54, 1.807) is 26.0 Å². The van der Waals surface area contributed by atoms with E-state index in [1.807, 2.05) is 26.8 Å². The van der Waals surface area contributed by atoms with Gasteiger partial charge in [0.2, 0.25) is 0 Å². The van der Waals surface area contributed by atoms with Crippen molar-refractivity contribution in [3.63, 3.8) is 0 Å². The van der Waals surface area contributed by atoms with Crippen molar-refractivity contribution < 1.29 is 31.1 Å². The number of halogens is 3. The van der Waals surface area contributed by atoms with Gasteiger partial charge in [0.1, 0.15) is 0 Å². The third-order valence-electron chi connectivity index (χ3n) is 6.22. The Kier molecular flexibility index (Phi) is 7.22. The van der Waals surface area contributed by atoms with E-state index in [2.05, 4.69) is 4.98 Å². The number of rotatable bonds is 6. The molecular weight excluding hydrogens is 537 g/mol. The zero-order valence-corrected chi connectivity index (χ0v) is 23.1. The maximum atomic E-state index is 14.1. The second-order valence-corrected chi connectivity index (χ2v) is 12.6. The van der Waals surface area contributed by atoms with E-state index in [4.69, 9.17) is 4.74 Å². The summed E-state index contributed by atoms with van der Waals surface area (Å²) in [6.45, 7) is 9.31. The summed E-state index contributed by atoms with van der Waals surface area (Å²) in [6, 6.07) is 9.59. The van der Waals surface area contributed by atoms with E-state index < -0.39 is 27.7 Å². The molecule has 0 bridgehead atoms. The van der Waals surface area contributed by atoms with Crippen LogP contribution in [0.25, 0.3) is 10.9 Å². The quantitative estimate of drug-likeness (QED) is 0.243. The molecule has 4 aromatic rings. The van der Waals surface area contributed by atoms with Crippen LogP contribution in [-0.4, -0.2) is 30.0 Å². The van der Waals surface area contributed by atoms with Crippen LogP contribution in [0.15, 0.2) is 52.7 Å². The van der Waals surface area contributed by atoms with Gasteiger partial charge in [-0.25, -0.2) is 22.2 Å². The van der Waals surface area contributed by atoms with Gasteiger partial charge in [0.05, 0.1) is 27.6 Å². The fraction of sp³-hybridized carbons (Fsp3) is 0.333. The zero-order chi connectivity index (χ0) is 28.0. The average Bonchev–Trinajstić information content (AvgIpc) is 3.41. The molecule has 4 rings (SSSR count). The first-order valence-electron chi connectivity index (χ1n) is 11.8. The molecule has 0 radical (unpaired) electrons. The van der Waals surface area contributed by atoms with Crippen LogP contribution in [0.4, 0.5) is 13.2 Å². The van der Waals surface area contributed by atoms with Crippen LogP contribution in [0.3, 0.4) is 0 Å². The first-order chi connectivity index (χ1) is 17.6. The van der Waals surface area contributed by atoms with Gasteiger partial charge in [-0.3, -0.25) is 0 Å². The molecule has 38 heavy (non-hydrogen) atoms. The summed E-state index contributed by atoms with van der Waals surface area (Å²) >= 11 is 1.15. The molecule has 2 aromatic carbocycles. The molecule has 0 spiro atoms. The standard InChI is InChI=1S/C27H27F3N2O4S2/c1-6-36-25(33)21-15-37-24(31-21)14-23-16(2)20-13-18(27(28,29)30)10-11-22(20)32(23)38(34,35)19-9-7-8-17(12-19)26(3,4)5/h7-13,15H,6,14H2,1-5H3. The number of ether oxygens (including phenoxy) is 1. The number of fused-ring (bicyclic) bond motifs is 1. The number of thiazole rings is 1. The molecule has 0 aliphatic carbocycles. The zero-order valence-electron chi connectivity index (χ0n) is 21.5. The van der Waals surface area contributed by atoms with E-state index in [-0.39, 0.29) is 45.6 Å². The summed E-state index contributed by atoms with van der Waals surface area (Å²) in [7, 11) is -4.22. The topological polar surface area (TPSA) is 78.3 Å². The van der Waals surface area contributed by atoms with E-state index in [9.17, 15) is 26.4 Å². The summed E-state index contributed by atoms with van der Waals surface area (Å²) < 4.78 is 74.8. The highest BCUT2D eigenvalue weighted by Crippen LogP contribution is 2.37. The molecular formula is C27H27F3N2O4S2. The molecule has 11 heteroatoms. The van der Waals surface area contributed by atoms with Gasteiger partial charge in [-0.1, -0.05) is 32.9 Å². The second kappa shape index (κ2) is 9.85. The lowest BCUT2D eigenvalue weighted by molar-refractivity contribution is -0.137. The number of hydrogen-bond acceptors (Lipinski definition) is 6. The Hall–Kier alpha value is -3.18. The van der Waals surface area contributed by atoms with Gasteiger partial charge in [0, 0.05) is 22.9 Å². The summed E-state index contributed by atoms with van der Waals surface area (Å²) in [4.78, 5) is 16.4. The molecule has 0 aliphatic rings. The Morgan fingerprint density at radius 3 is 2.42 bits per heavy atom. The summed E-state index contributed by atoms with van der Waals surface area (Å²) in [6.07, 6.45) is -4.60. The predicted molar refractivity (Wildman–Crippen MR) is 140 cm³/mol. The minimum atomic E-state index is -4.59. The highest BCUT2D eigenvalue weighted by molar-refractivity contribution is 7.90. The maximum absolute atomic E-state index is 14.1. The van der Waals surface area contributed by atoms with Gasteiger partial charge < -0.3 is 4.74 Å². The van der Waals surface area contributed by atoms with E-state index in [1.165, 1.54) is 17.5 Å². The molecule has 2 heterocycles. The monoisotopic (exact) mass is 564 g/mol. The average molecular weight is 565 g/mol. The maximum Gasteiger partial charge on any atom is 0.416 e. The number of benzene rings is 2. The molecule has 0 fully saturated rings. The largest absolute Gasteiger partial charge is 0.461 e. The fourth-order valence-electron chi connectivity index (χ4n) is 4.18. The third-order valence-corrected chi connectivity index (χ3v) is 8.81.